The van der Waals surface area contributed by atoms with Gasteiger partial charge in [0.2, 0.25) is 0 Å². The molecule has 10 heteroatoms. The van der Waals surface area contributed by atoms with Crippen LogP contribution in [0.4, 0.5) is 0 Å². The molecule has 0 fully saturated rings. The molecule has 29 heavy (non-hydrogen) atoms. The summed E-state index contributed by atoms with van der Waals surface area (Å²) in [4.78, 5) is 24.2. The predicted octanol–water partition coefficient (Wildman–Crippen LogP) is 3.50. The lowest BCUT2D eigenvalue weighted by atomic mass is 10.2. The molecule has 2 rings (SSSR count). The highest BCUT2D eigenvalue weighted by atomic mass is 35.5. The van der Waals surface area contributed by atoms with Crippen LogP contribution in [0.15, 0.2) is 42.5 Å². The highest BCUT2D eigenvalue weighted by Gasteiger charge is 2.14. The second-order valence-corrected chi connectivity index (χ2v) is 6.92. The minimum absolute atomic E-state index is 0.0850. The Morgan fingerprint density at radius 2 is 1.79 bits per heavy atom. The van der Waals surface area contributed by atoms with E-state index in [-0.39, 0.29) is 16.7 Å². The summed E-state index contributed by atoms with van der Waals surface area (Å²) in [6, 6.07) is 11.4. The van der Waals surface area contributed by atoms with E-state index in [1.807, 2.05) is 6.92 Å². The van der Waals surface area contributed by atoms with Gasteiger partial charge >= 0.3 is 0 Å². The van der Waals surface area contributed by atoms with Crippen molar-refractivity contribution in [2.24, 2.45) is 0 Å². The van der Waals surface area contributed by atoms with Crippen molar-refractivity contribution in [3.05, 3.63) is 58.1 Å². The number of amides is 2. The van der Waals surface area contributed by atoms with Crippen LogP contribution < -0.4 is 25.6 Å². The average molecular weight is 456 g/mol. The highest BCUT2D eigenvalue weighted by molar-refractivity contribution is 7.80. The summed E-state index contributed by atoms with van der Waals surface area (Å²) in [5.74, 6) is -0.232. The molecule has 0 radical (unpaired) electrons. The molecule has 0 aliphatic heterocycles. The minimum atomic E-state index is -0.528. The topological polar surface area (TPSA) is 88.7 Å². The molecule has 0 aliphatic rings. The van der Waals surface area contributed by atoms with Crippen molar-refractivity contribution in [2.45, 2.75) is 13.3 Å². The standard InChI is InChI=1S/C19H19Cl2N3O4S/c1-2-9-27-15-6-4-3-5-13(15)18(26)22-19(29)24-23-17(25)11-28-16-8-7-12(20)10-14(16)21/h3-8,10H,2,9,11H2,1H3,(H,23,25)(H2,22,24,26,29). The molecule has 154 valence electrons. The van der Waals surface area contributed by atoms with Crippen LogP contribution in [0, 0.1) is 0 Å². The number of nitrogens with one attached hydrogen (secondary N) is 3. The number of hydrazine groups is 1. The Hall–Kier alpha value is -2.55. The molecular weight excluding hydrogens is 437 g/mol. The average Bonchev–Trinajstić information content (AvgIpc) is 2.70. The summed E-state index contributed by atoms with van der Waals surface area (Å²) >= 11 is 16.8. The van der Waals surface area contributed by atoms with E-state index in [4.69, 9.17) is 44.9 Å². The van der Waals surface area contributed by atoms with Crippen molar-refractivity contribution in [1.82, 2.24) is 16.2 Å². The summed E-state index contributed by atoms with van der Waals surface area (Å²) in [5, 5.41) is 3.12. The van der Waals surface area contributed by atoms with Crippen LogP contribution in [-0.4, -0.2) is 30.1 Å². The number of benzene rings is 2. The van der Waals surface area contributed by atoms with Crippen molar-refractivity contribution in [1.29, 1.82) is 0 Å². The van der Waals surface area contributed by atoms with Crippen LogP contribution in [-0.2, 0) is 4.79 Å². The Labute approximate surface area is 183 Å². The summed E-state index contributed by atoms with van der Waals surface area (Å²) < 4.78 is 10.8. The normalized spacial score (nSPS) is 10.0. The van der Waals surface area contributed by atoms with Crippen molar-refractivity contribution in [3.63, 3.8) is 0 Å². The quantitative estimate of drug-likeness (QED) is 0.437. The van der Waals surface area contributed by atoms with Gasteiger partial charge in [-0.3, -0.25) is 25.8 Å². The Balaban J connectivity index is 1.80. The number of hydrogen-bond donors (Lipinski definition) is 3. The van der Waals surface area contributed by atoms with Crippen LogP contribution in [0.3, 0.4) is 0 Å². The molecular formula is C19H19Cl2N3O4S. The zero-order valence-electron chi connectivity index (χ0n) is 15.5. The van der Waals surface area contributed by atoms with E-state index in [0.29, 0.717) is 28.7 Å². The van der Waals surface area contributed by atoms with Gasteiger partial charge < -0.3 is 9.47 Å². The number of thiocarbonyl (C=S) groups is 1. The summed E-state index contributed by atoms with van der Waals surface area (Å²) in [6.07, 6.45) is 0.811. The third-order valence-electron chi connectivity index (χ3n) is 3.39. The summed E-state index contributed by atoms with van der Waals surface area (Å²) in [6.45, 7) is 2.13. The van der Waals surface area contributed by atoms with Crippen LogP contribution in [0.2, 0.25) is 10.0 Å². The van der Waals surface area contributed by atoms with Crippen LogP contribution in [0.1, 0.15) is 23.7 Å². The summed E-state index contributed by atoms with van der Waals surface area (Å²) in [5.41, 5.74) is 5.08. The van der Waals surface area contributed by atoms with Crippen molar-refractivity contribution in [2.75, 3.05) is 13.2 Å². The first-order valence-electron chi connectivity index (χ1n) is 8.60. The molecule has 0 heterocycles. The van der Waals surface area contributed by atoms with Gasteiger partial charge in [-0.2, -0.15) is 0 Å². The van der Waals surface area contributed by atoms with Gasteiger partial charge in [0.1, 0.15) is 11.5 Å². The van der Waals surface area contributed by atoms with Crippen molar-refractivity contribution >= 4 is 52.3 Å². The Kier molecular flexibility index (Phi) is 8.98. The molecule has 2 aromatic rings. The first kappa shape index (κ1) is 22.7. The highest BCUT2D eigenvalue weighted by Crippen LogP contribution is 2.27. The molecule has 3 N–H and O–H groups in total. The molecule has 0 atom stereocenters. The van der Waals surface area contributed by atoms with E-state index < -0.39 is 11.8 Å². The van der Waals surface area contributed by atoms with Gasteiger partial charge in [-0.05, 0) is 49.0 Å². The summed E-state index contributed by atoms with van der Waals surface area (Å²) in [7, 11) is 0. The van der Waals surface area contributed by atoms with Gasteiger partial charge in [-0.15, -0.1) is 0 Å². The number of halogens is 2. The first-order chi connectivity index (χ1) is 13.9. The third kappa shape index (κ3) is 7.41. The van der Waals surface area contributed by atoms with Gasteiger partial charge in [0, 0.05) is 5.02 Å². The monoisotopic (exact) mass is 455 g/mol. The number of para-hydroxylation sites is 1. The molecule has 0 aromatic heterocycles. The number of carbonyl (C=O) groups excluding carboxylic acids is 2. The molecule has 0 bridgehead atoms. The van der Waals surface area contributed by atoms with Crippen LogP contribution in [0.5, 0.6) is 11.5 Å². The lowest BCUT2D eigenvalue weighted by molar-refractivity contribution is -0.123. The van der Waals surface area contributed by atoms with Gasteiger partial charge in [0.15, 0.2) is 11.7 Å². The van der Waals surface area contributed by atoms with Crippen LogP contribution >= 0.6 is 35.4 Å². The first-order valence-corrected chi connectivity index (χ1v) is 9.77. The number of hydrogen-bond acceptors (Lipinski definition) is 5. The minimum Gasteiger partial charge on any atom is -0.493 e. The largest absolute Gasteiger partial charge is 0.493 e. The van der Waals surface area contributed by atoms with E-state index in [1.165, 1.54) is 6.07 Å². The second-order valence-electron chi connectivity index (χ2n) is 5.66. The maximum absolute atomic E-state index is 12.4. The number of ether oxygens (including phenoxy) is 2. The van der Waals surface area contributed by atoms with Gasteiger partial charge in [-0.1, -0.05) is 42.3 Å². The van der Waals surface area contributed by atoms with E-state index in [9.17, 15) is 9.59 Å². The number of rotatable bonds is 7. The van der Waals surface area contributed by atoms with Gasteiger partial charge in [0.25, 0.3) is 11.8 Å². The van der Waals surface area contributed by atoms with Gasteiger partial charge in [0.05, 0.1) is 17.2 Å². The zero-order valence-corrected chi connectivity index (χ0v) is 17.8. The van der Waals surface area contributed by atoms with Crippen LogP contribution in [0.25, 0.3) is 0 Å². The second kappa shape index (κ2) is 11.5. The van der Waals surface area contributed by atoms with Gasteiger partial charge in [-0.25, -0.2) is 0 Å². The van der Waals surface area contributed by atoms with Crippen molar-refractivity contribution < 1.29 is 19.1 Å². The molecule has 2 amide bonds. The lowest BCUT2D eigenvalue weighted by Crippen LogP contribution is -2.49. The maximum Gasteiger partial charge on any atom is 0.276 e. The molecule has 0 saturated heterocycles. The Morgan fingerprint density at radius 3 is 2.52 bits per heavy atom. The van der Waals surface area contributed by atoms with E-state index in [2.05, 4.69) is 16.2 Å². The third-order valence-corrected chi connectivity index (χ3v) is 4.12. The Morgan fingerprint density at radius 1 is 1.03 bits per heavy atom. The van der Waals surface area contributed by atoms with E-state index in [1.54, 1.807) is 36.4 Å². The fourth-order valence-corrected chi connectivity index (χ4v) is 2.70. The smallest absolute Gasteiger partial charge is 0.276 e. The van der Waals surface area contributed by atoms with Crippen molar-refractivity contribution in [3.8, 4) is 11.5 Å². The predicted molar refractivity (Wildman–Crippen MR) is 116 cm³/mol. The number of carbonyl (C=O) groups is 2. The maximum atomic E-state index is 12.4. The van der Waals surface area contributed by atoms with E-state index >= 15 is 0 Å². The fraction of sp³-hybridized carbons (Fsp3) is 0.211. The molecule has 0 spiro atoms. The molecule has 0 unspecified atom stereocenters. The molecule has 2 aromatic carbocycles. The molecule has 0 aliphatic carbocycles. The molecule has 7 nitrogen and oxygen atoms in total. The molecule has 0 saturated carbocycles. The lowest BCUT2D eigenvalue weighted by Gasteiger charge is -2.13. The Bertz CT molecular complexity index is 896. The van der Waals surface area contributed by atoms with E-state index in [0.717, 1.165) is 6.42 Å². The SMILES string of the molecule is CCCOc1ccccc1C(=O)NC(=S)NNC(=O)COc1ccc(Cl)cc1Cl. The fourth-order valence-electron chi connectivity index (χ4n) is 2.09. The zero-order chi connectivity index (χ0) is 21.2.